The monoisotopic (exact) mass is 270 g/mol. The van der Waals surface area contributed by atoms with E-state index >= 15 is 0 Å². The van der Waals surface area contributed by atoms with Gasteiger partial charge in [-0.15, -0.1) is 0 Å². The zero-order valence-corrected chi connectivity index (χ0v) is 11.7. The Morgan fingerprint density at radius 1 is 1.50 bits per heavy atom. The Hall–Kier alpha value is -0.800. The Labute approximate surface area is 113 Å². The van der Waals surface area contributed by atoms with Crippen molar-refractivity contribution in [2.24, 2.45) is 5.92 Å². The molecule has 0 spiro atoms. The number of nitrogens with zero attached hydrogens (tertiary/aromatic N) is 1. The minimum Gasteiger partial charge on any atom is -0.369 e. The molecule has 18 heavy (non-hydrogen) atoms. The van der Waals surface area contributed by atoms with Gasteiger partial charge in [0, 0.05) is 24.2 Å². The van der Waals surface area contributed by atoms with E-state index in [1.54, 1.807) is 12.1 Å². The molecule has 4 heteroatoms. The van der Waals surface area contributed by atoms with Gasteiger partial charge in [0.15, 0.2) is 0 Å². The van der Waals surface area contributed by atoms with Crippen molar-refractivity contribution in [3.63, 3.8) is 0 Å². The second-order valence-electron chi connectivity index (χ2n) is 4.97. The Bertz CT molecular complexity index is 411. The summed E-state index contributed by atoms with van der Waals surface area (Å²) in [7, 11) is 0. The number of benzene rings is 1. The quantitative estimate of drug-likeness (QED) is 0.907. The largest absolute Gasteiger partial charge is 0.369 e. The maximum absolute atomic E-state index is 13.8. The van der Waals surface area contributed by atoms with E-state index in [4.69, 9.17) is 11.6 Å². The number of hydrogen-bond donors (Lipinski definition) is 1. The van der Waals surface area contributed by atoms with Crippen molar-refractivity contribution < 1.29 is 4.39 Å². The SMILES string of the molecule is CCNC1CCN(c2cc(Cl)ccc2F)CC1C. The van der Waals surface area contributed by atoms with Gasteiger partial charge in [-0.2, -0.15) is 0 Å². The zero-order chi connectivity index (χ0) is 13.1. The van der Waals surface area contributed by atoms with E-state index in [9.17, 15) is 4.39 Å². The van der Waals surface area contributed by atoms with Gasteiger partial charge < -0.3 is 10.2 Å². The van der Waals surface area contributed by atoms with Gasteiger partial charge >= 0.3 is 0 Å². The summed E-state index contributed by atoms with van der Waals surface area (Å²) in [5.74, 6) is 0.325. The molecule has 2 nitrogen and oxygen atoms in total. The van der Waals surface area contributed by atoms with Gasteiger partial charge in [0.2, 0.25) is 0 Å². The van der Waals surface area contributed by atoms with Crippen molar-refractivity contribution in [2.45, 2.75) is 26.3 Å². The van der Waals surface area contributed by atoms with Gasteiger partial charge in [0.05, 0.1) is 5.69 Å². The zero-order valence-electron chi connectivity index (χ0n) is 10.9. The third-order valence-electron chi connectivity index (χ3n) is 3.62. The second kappa shape index (κ2) is 5.89. The molecule has 100 valence electrons. The fourth-order valence-electron chi connectivity index (χ4n) is 2.66. The van der Waals surface area contributed by atoms with Crippen LogP contribution in [0.3, 0.4) is 0 Å². The van der Waals surface area contributed by atoms with E-state index in [0.29, 0.717) is 22.7 Å². The predicted molar refractivity (Wildman–Crippen MR) is 74.9 cm³/mol. The number of rotatable bonds is 3. The highest BCUT2D eigenvalue weighted by molar-refractivity contribution is 6.30. The van der Waals surface area contributed by atoms with Gasteiger partial charge in [-0.3, -0.25) is 0 Å². The first kappa shape index (κ1) is 13.6. The highest BCUT2D eigenvalue weighted by Gasteiger charge is 2.26. The maximum Gasteiger partial charge on any atom is 0.146 e. The molecule has 1 heterocycles. The second-order valence-corrected chi connectivity index (χ2v) is 5.41. The van der Waals surface area contributed by atoms with Crippen molar-refractivity contribution in [1.82, 2.24) is 5.32 Å². The Kier molecular flexibility index (Phi) is 4.46. The van der Waals surface area contributed by atoms with Crippen LogP contribution >= 0.6 is 11.6 Å². The molecule has 2 unspecified atom stereocenters. The third-order valence-corrected chi connectivity index (χ3v) is 3.86. The summed E-state index contributed by atoms with van der Waals surface area (Å²) in [6.45, 7) is 7.06. The Balaban J connectivity index is 2.10. The fraction of sp³-hybridized carbons (Fsp3) is 0.571. The van der Waals surface area contributed by atoms with Crippen LogP contribution in [0, 0.1) is 11.7 Å². The van der Waals surface area contributed by atoms with Crippen molar-refractivity contribution in [2.75, 3.05) is 24.5 Å². The van der Waals surface area contributed by atoms with E-state index in [1.165, 1.54) is 6.07 Å². The van der Waals surface area contributed by atoms with E-state index in [1.807, 2.05) is 0 Å². The van der Waals surface area contributed by atoms with Crippen LogP contribution < -0.4 is 10.2 Å². The lowest BCUT2D eigenvalue weighted by Gasteiger charge is -2.38. The molecule has 0 bridgehead atoms. The average Bonchev–Trinajstić information content (AvgIpc) is 2.35. The fourth-order valence-corrected chi connectivity index (χ4v) is 2.82. The summed E-state index contributed by atoms with van der Waals surface area (Å²) in [6, 6.07) is 5.29. The Morgan fingerprint density at radius 3 is 2.94 bits per heavy atom. The molecule has 0 radical (unpaired) electrons. The molecule has 1 fully saturated rings. The van der Waals surface area contributed by atoms with Crippen LogP contribution in [-0.4, -0.2) is 25.7 Å². The molecular formula is C14H20ClFN2. The summed E-state index contributed by atoms with van der Waals surface area (Å²) in [5, 5.41) is 4.08. The topological polar surface area (TPSA) is 15.3 Å². The van der Waals surface area contributed by atoms with Crippen LogP contribution in [0.15, 0.2) is 18.2 Å². The lowest BCUT2D eigenvalue weighted by molar-refractivity contribution is 0.325. The van der Waals surface area contributed by atoms with E-state index in [2.05, 4.69) is 24.1 Å². The van der Waals surface area contributed by atoms with Gasteiger partial charge in [-0.05, 0) is 37.1 Å². The van der Waals surface area contributed by atoms with Crippen LogP contribution in [0.2, 0.25) is 5.02 Å². The smallest absolute Gasteiger partial charge is 0.146 e. The van der Waals surface area contributed by atoms with Gasteiger partial charge in [-0.25, -0.2) is 4.39 Å². The predicted octanol–water partition coefficient (Wildman–Crippen LogP) is 3.30. The molecule has 1 aromatic carbocycles. The molecule has 1 aromatic rings. The van der Waals surface area contributed by atoms with Crippen LogP contribution in [0.4, 0.5) is 10.1 Å². The molecule has 1 aliphatic rings. The lowest BCUT2D eigenvalue weighted by Crippen LogP contribution is -2.48. The summed E-state index contributed by atoms with van der Waals surface area (Å²) in [4.78, 5) is 2.10. The van der Waals surface area contributed by atoms with Gasteiger partial charge in [0.1, 0.15) is 5.82 Å². The van der Waals surface area contributed by atoms with Crippen LogP contribution in [0.25, 0.3) is 0 Å². The molecule has 1 N–H and O–H groups in total. The number of halogens is 2. The molecular weight excluding hydrogens is 251 g/mol. The normalized spacial score (nSPS) is 24.3. The van der Waals surface area contributed by atoms with Crippen LogP contribution in [-0.2, 0) is 0 Å². The summed E-state index contributed by atoms with van der Waals surface area (Å²) >= 11 is 5.95. The maximum atomic E-state index is 13.8. The highest BCUT2D eigenvalue weighted by atomic mass is 35.5. The van der Waals surface area contributed by atoms with Crippen molar-refractivity contribution >= 4 is 17.3 Å². The first-order valence-corrected chi connectivity index (χ1v) is 6.93. The summed E-state index contributed by atoms with van der Waals surface area (Å²) in [5.41, 5.74) is 0.629. The average molecular weight is 271 g/mol. The summed E-state index contributed by atoms with van der Waals surface area (Å²) < 4.78 is 13.8. The lowest BCUT2D eigenvalue weighted by atomic mass is 9.93. The molecule has 2 atom stereocenters. The molecule has 0 saturated carbocycles. The first-order valence-electron chi connectivity index (χ1n) is 6.55. The number of hydrogen-bond acceptors (Lipinski definition) is 2. The van der Waals surface area contributed by atoms with E-state index in [0.717, 1.165) is 26.1 Å². The van der Waals surface area contributed by atoms with Crippen molar-refractivity contribution in [3.05, 3.63) is 29.0 Å². The van der Waals surface area contributed by atoms with Gasteiger partial charge in [-0.1, -0.05) is 25.4 Å². The standard InChI is InChI=1S/C14H20ClFN2/c1-3-17-13-6-7-18(9-10(13)2)14-8-11(15)4-5-12(14)16/h4-5,8,10,13,17H,3,6-7,9H2,1-2H3. The first-order chi connectivity index (χ1) is 8.61. The third kappa shape index (κ3) is 2.96. The molecule has 2 rings (SSSR count). The molecule has 0 aromatic heterocycles. The molecule has 1 aliphatic heterocycles. The highest BCUT2D eigenvalue weighted by Crippen LogP contribution is 2.28. The summed E-state index contributed by atoms with van der Waals surface area (Å²) in [6.07, 6.45) is 1.04. The van der Waals surface area contributed by atoms with Crippen LogP contribution in [0.5, 0.6) is 0 Å². The van der Waals surface area contributed by atoms with E-state index in [-0.39, 0.29) is 5.82 Å². The van der Waals surface area contributed by atoms with Gasteiger partial charge in [0.25, 0.3) is 0 Å². The number of piperidine rings is 1. The Morgan fingerprint density at radius 2 is 2.28 bits per heavy atom. The molecule has 0 aliphatic carbocycles. The number of nitrogens with one attached hydrogen (secondary N) is 1. The van der Waals surface area contributed by atoms with Crippen molar-refractivity contribution in [3.8, 4) is 0 Å². The number of anilines is 1. The van der Waals surface area contributed by atoms with E-state index < -0.39 is 0 Å². The molecule has 1 saturated heterocycles. The minimum atomic E-state index is -0.187. The molecule has 0 amide bonds. The van der Waals surface area contributed by atoms with Crippen LogP contribution in [0.1, 0.15) is 20.3 Å². The minimum absolute atomic E-state index is 0.187. The van der Waals surface area contributed by atoms with Crippen molar-refractivity contribution in [1.29, 1.82) is 0 Å².